The molecule has 9 heteroatoms. The maximum atomic E-state index is 12.7. The number of fused-ring (bicyclic) bond motifs is 1. The number of halogens is 3. The van der Waals surface area contributed by atoms with Crippen LogP contribution in [-0.2, 0) is 0 Å². The molecule has 0 aromatic carbocycles. The highest BCUT2D eigenvalue weighted by atomic mass is 32.1. The Morgan fingerprint density at radius 1 is 1.21 bits per heavy atom. The smallest absolute Gasteiger partial charge is 0.419 e. The van der Waals surface area contributed by atoms with Crippen molar-refractivity contribution in [2.75, 3.05) is 7.11 Å². The third-order valence-corrected chi connectivity index (χ3v) is 5.76. The summed E-state index contributed by atoms with van der Waals surface area (Å²) in [5.41, 5.74) is 3.70. The number of H-pyrrole nitrogens is 2. The molecule has 29 heavy (non-hydrogen) atoms. The van der Waals surface area contributed by atoms with E-state index < -0.39 is 12.3 Å². The number of rotatable bonds is 3. The molecule has 152 valence electrons. The molecule has 0 spiro atoms. The van der Waals surface area contributed by atoms with Crippen LogP contribution in [0.25, 0.3) is 17.8 Å². The predicted molar refractivity (Wildman–Crippen MR) is 104 cm³/mol. The molecule has 0 saturated carbocycles. The van der Waals surface area contributed by atoms with E-state index in [0.29, 0.717) is 26.7 Å². The Hall–Kier alpha value is -2.78. The lowest BCUT2D eigenvalue weighted by atomic mass is 10.2. The molecule has 1 aliphatic rings. The Kier molecular flexibility index (Phi) is 4.66. The summed E-state index contributed by atoms with van der Waals surface area (Å²) in [6.45, 7) is 3.98. The lowest BCUT2D eigenvalue weighted by Crippen LogP contribution is -2.19. The molecule has 5 nitrogen and oxygen atoms in total. The van der Waals surface area contributed by atoms with Crippen molar-refractivity contribution < 1.29 is 23.0 Å². The molecule has 1 aliphatic heterocycles. The van der Waals surface area contributed by atoms with Crippen molar-refractivity contribution in [2.24, 2.45) is 4.99 Å². The van der Waals surface area contributed by atoms with Crippen LogP contribution >= 0.6 is 11.3 Å². The van der Waals surface area contributed by atoms with Crippen LogP contribution in [0.5, 0.6) is 5.75 Å². The summed E-state index contributed by atoms with van der Waals surface area (Å²) in [4.78, 5) is 10.8. The molecule has 0 fully saturated rings. The number of aromatic amines is 2. The summed E-state index contributed by atoms with van der Waals surface area (Å²) < 4.78 is 44.2. The number of hydrogen-bond donors (Lipinski definition) is 3. The van der Waals surface area contributed by atoms with Crippen LogP contribution in [0.15, 0.2) is 23.2 Å². The Balaban J connectivity index is 1.79. The average Bonchev–Trinajstić information content (AvgIpc) is 3.36. The minimum absolute atomic E-state index is 0.169. The molecule has 0 radical (unpaired) electrons. The second-order valence-corrected chi connectivity index (χ2v) is 7.96. The molecule has 0 saturated heterocycles. The number of aliphatic hydroxyl groups excluding tert-OH is 1. The first-order chi connectivity index (χ1) is 13.7. The summed E-state index contributed by atoms with van der Waals surface area (Å²) in [7, 11) is 1.57. The molecule has 1 unspecified atom stereocenters. The van der Waals surface area contributed by atoms with Gasteiger partial charge >= 0.3 is 6.18 Å². The molecule has 4 rings (SSSR count). The zero-order valence-electron chi connectivity index (χ0n) is 15.8. The van der Waals surface area contributed by atoms with Gasteiger partial charge in [0.05, 0.1) is 33.4 Å². The third-order valence-electron chi connectivity index (χ3n) is 4.63. The van der Waals surface area contributed by atoms with E-state index in [0.717, 1.165) is 33.6 Å². The largest absolute Gasteiger partial charge is 0.494 e. The Morgan fingerprint density at radius 3 is 2.55 bits per heavy atom. The molecule has 3 aromatic heterocycles. The standard InChI is InChI=1S/C20H18F3N3O2S/c1-9-4-10(2)24-11(9)5-14-16(28-3)6-12(25-14)13-7-17-15(26-13)8-18(29-17)19(27)20(21,22)23/h4-8,19,24-25,27H,1-3H3/b13-12?,14-5-. The quantitative estimate of drug-likeness (QED) is 0.602. The Morgan fingerprint density at radius 2 is 1.97 bits per heavy atom. The number of thiophene rings is 1. The first-order valence-electron chi connectivity index (χ1n) is 8.76. The molecular formula is C20H18F3N3O2S. The normalized spacial score (nSPS) is 17.1. The van der Waals surface area contributed by atoms with Gasteiger partial charge in [0.15, 0.2) is 6.10 Å². The van der Waals surface area contributed by atoms with Crippen LogP contribution in [0, 0.1) is 13.8 Å². The van der Waals surface area contributed by atoms with Crippen molar-refractivity contribution in [2.45, 2.75) is 26.1 Å². The van der Waals surface area contributed by atoms with E-state index in [1.165, 1.54) is 6.07 Å². The van der Waals surface area contributed by atoms with Gasteiger partial charge in [0.25, 0.3) is 0 Å². The minimum atomic E-state index is -4.70. The number of aryl methyl sites for hydroxylation is 2. The van der Waals surface area contributed by atoms with Gasteiger partial charge in [-0.05, 0) is 43.7 Å². The Labute approximate surface area is 167 Å². The third kappa shape index (κ3) is 3.63. The van der Waals surface area contributed by atoms with E-state index in [9.17, 15) is 18.3 Å². The molecule has 0 amide bonds. The number of nitrogens with one attached hydrogen (secondary N) is 2. The second-order valence-electron chi connectivity index (χ2n) is 6.84. The summed E-state index contributed by atoms with van der Waals surface area (Å²) in [6.07, 6.45) is -3.56. The second kappa shape index (κ2) is 6.93. The molecule has 0 bridgehead atoms. The van der Waals surface area contributed by atoms with Crippen LogP contribution in [0.1, 0.15) is 27.9 Å². The fraction of sp³-hybridized carbons (Fsp3) is 0.250. The molecule has 3 N–H and O–H groups in total. The van der Waals surface area contributed by atoms with E-state index in [1.807, 2.05) is 26.0 Å². The van der Waals surface area contributed by atoms with Gasteiger partial charge in [-0.1, -0.05) is 0 Å². The number of aromatic nitrogens is 2. The van der Waals surface area contributed by atoms with Crippen molar-refractivity contribution in [1.29, 1.82) is 0 Å². The van der Waals surface area contributed by atoms with Gasteiger partial charge in [-0.2, -0.15) is 13.2 Å². The fourth-order valence-corrected chi connectivity index (χ4v) is 4.28. The van der Waals surface area contributed by atoms with Gasteiger partial charge in [-0.15, -0.1) is 11.3 Å². The van der Waals surface area contributed by atoms with Gasteiger partial charge < -0.3 is 19.8 Å². The topological polar surface area (TPSA) is 73.4 Å². The molecule has 0 aliphatic carbocycles. The zero-order valence-corrected chi connectivity index (χ0v) is 16.6. The fourth-order valence-electron chi connectivity index (χ4n) is 3.24. The number of methoxy groups -OCH3 is 1. The number of alkyl halides is 3. The summed E-state index contributed by atoms with van der Waals surface area (Å²) in [5, 5.41) is 11.3. The number of aliphatic hydroxyl groups is 1. The van der Waals surface area contributed by atoms with Crippen molar-refractivity contribution in [3.8, 4) is 5.75 Å². The van der Waals surface area contributed by atoms with Crippen LogP contribution in [0.2, 0.25) is 0 Å². The highest BCUT2D eigenvalue weighted by molar-refractivity contribution is 7.10. The maximum absolute atomic E-state index is 12.7. The lowest BCUT2D eigenvalue weighted by molar-refractivity contribution is -0.205. The molecule has 3 aromatic rings. The first kappa shape index (κ1) is 19.5. The summed E-state index contributed by atoms with van der Waals surface area (Å²) >= 11 is 0.881. The molecule has 4 heterocycles. The predicted octanol–water partition coefficient (Wildman–Crippen LogP) is 1.68. The van der Waals surface area contributed by atoms with E-state index in [2.05, 4.69) is 15.0 Å². The van der Waals surface area contributed by atoms with Crippen LogP contribution in [0.4, 0.5) is 13.2 Å². The highest BCUT2D eigenvalue weighted by Gasteiger charge is 2.40. The first-order valence-corrected chi connectivity index (χ1v) is 9.57. The highest BCUT2D eigenvalue weighted by Crippen LogP contribution is 2.33. The van der Waals surface area contributed by atoms with Crippen molar-refractivity contribution in [3.63, 3.8) is 0 Å². The van der Waals surface area contributed by atoms with E-state index in [1.54, 1.807) is 19.3 Å². The average molecular weight is 421 g/mol. The SMILES string of the molecule is COc1cc(=C2C=c3sc(C(O)C(F)(F)F)cc3=N2)[nH]/c1=C\c1[nH]c(C)cc1C. The van der Waals surface area contributed by atoms with Gasteiger partial charge in [0.2, 0.25) is 0 Å². The van der Waals surface area contributed by atoms with Gasteiger partial charge in [0.1, 0.15) is 5.75 Å². The van der Waals surface area contributed by atoms with Gasteiger partial charge in [-0.25, -0.2) is 4.99 Å². The summed E-state index contributed by atoms with van der Waals surface area (Å²) in [5.74, 6) is 0.631. The van der Waals surface area contributed by atoms with E-state index in [-0.39, 0.29) is 4.88 Å². The zero-order chi connectivity index (χ0) is 20.9. The minimum Gasteiger partial charge on any atom is -0.494 e. The maximum Gasteiger partial charge on any atom is 0.419 e. The van der Waals surface area contributed by atoms with Gasteiger partial charge in [0, 0.05) is 22.3 Å². The van der Waals surface area contributed by atoms with Crippen LogP contribution in [0.3, 0.4) is 0 Å². The number of nitrogens with zero attached hydrogens (tertiary/aromatic N) is 1. The van der Waals surface area contributed by atoms with Crippen LogP contribution in [-0.4, -0.2) is 28.4 Å². The van der Waals surface area contributed by atoms with Crippen molar-refractivity contribution in [3.05, 3.63) is 60.6 Å². The van der Waals surface area contributed by atoms with Crippen LogP contribution < -0.4 is 25.3 Å². The monoisotopic (exact) mass is 421 g/mol. The van der Waals surface area contributed by atoms with E-state index >= 15 is 0 Å². The van der Waals surface area contributed by atoms with E-state index in [4.69, 9.17) is 4.74 Å². The lowest BCUT2D eigenvalue weighted by Gasteiger charge is -2.11. The number of hydrogen-bond acceptors (Lipinski definition) is 4. The molecule has 1 atom stereocenters. The van der Waals surface area contributed by atoms with Crippen molar-refractivity contribution >= 4 is 29.2 Å². The molecular weight excluding hydrogens is 403 g/mol. The number of ether oxygens (including phenoxy) is 1. The summed E-state index contributed by atoms with van der Waals surface area (Å²) in [6, 6.07) is 5.12. The Bertz CT molecular complexity index is 1290. The van der Waals surface area contributed by atoms with Crippen molar-refractivity contribution in [1.82, 2.24) is 9.97 Å². The van der Waals surface area contributed by atoms with Gasteiger partial charge in [-0.3, -0.25) is 0 Å².